The van der Waals surface area contributed by atoms with Gasteiger partial charge in [-0.25, -0.2) is 9.97 Å². The normalized spacial score (nSPS) is 11.3. The first kappa shape index (κ1) is 19.8. The zero-order chi connectivity index (χ0) is 21.2. The Morgan fingerprint density at radius 1 is 1.10 bits per heavy atom. The zero-order valence-electron chi connectivity index (χ0n) is 16.2. The van der Waals surface area contributed by atoms with Crippen molar-refractivity contribution < 1.29 is 9.21 Å². The molecule has 0 spiro atoms. The number of amides is 1. The zero-order valence-corrected chi connectivity index (χ0v) is 18.6. The lowest BCUT2D eigenvalue weighted by Crippen LogP contribution is -2.24. The fourth-order valence-corrected chi connectivity index (χ4v) is 4.16. The van der Waals surface area contributed by atoms with Crippen molar-refractivity contribution in [2.45, 2.75) is 11.7 Å². The van der Waals surface area contributed by atoms with E-state index in [4.69, 9.17) is 9.40 Å². The van der Waals surface area contributed by atoms with E-state index in [1.165, 1.54) is 11.8 Å². The molecule has 154 valence electrons. The molecule has 3 aromatic heterocycles. The lowest BCUT2D eigenvalue weighted by Gasteiger charge is -2.07. The van der Waals surface area contributed by atoms with Crippen molar-refractivity contribution in [3.8, 4) is 11.4 Å². The second-order valence-corrected chi connectivity index (χ2v) is 8.64. The lowest BCUT2D eigenvalue weighted by atomic mass is 10.2. The highest BCUT2D eigenvalue weighted by Gasteiger charge is 2.16. The van der Waals surface area contributed by atoms with Gasteiger partial charge in [-0.2, -0.15) is 4.52 Å². The predicted molar refractivity (Wildman–Crippen MR) is 123 cm³/mol. The number of carbonyl (C=O) groups excluding carboxylic acids is 1. The number of benzene rings is 2. The first-order chi connectivity index (χ1) is 15.2. The molecule has 0 saturated carbocycles. The number of hydrogen-bond donors (Lipinski definition) is 1. The Morgan fingerprint density at radius 2 is 1.94 bits per heavy atom. The number of nitrogens with zero attached hydrogens (tertiary/aromatic N) is 4. The molecule has 5 rings (SSSR count). The highest BCUT2D eigenvalue weighted by Crippen LogP contribution is 2.26. The van der Waals surface area contributed by atoms with Crippen molar-refractivity contribution >= 4 is 50.1 Å². The number of furan rings is 1. The molecule has 5 aromatic rings. The average Bonchev–Trinajstić information content (AvgIpc) is 3.47. The van der Waals surface area contributed by atoms with E-state index in [0.717, 1.165) is 26.5 Å². The molecule has 3 heterocycles. The third kappa shape index (κ3) is 4.19. The van der Waals surface area contributed by atoms with E-state index >= 15 is 0 Å². The van der Waals surface area contributed by atoms with Crippen LogP contribution in [0, 0.1) is 0 Å². The monoisotopic (exact) mass is 493 g/mol. The van der Waals surface area contributed by atoms with Crippen molar-refractivity contribution in [1.82, 2.24) is 24.9 Å². The molecule has 31 heavy (non-hydrogen) atoms. The van der Waals surface area contributed by atoms with Crippen LogP contribution in [0.2, 0.25) is 0 Å². The largest absolute Gasteiger partial charge is 0.472 e. The van der Waals surface area contributed by atoms with Gasteiger partial charge in [-0.1, -0.05) is 52.0 Å². The molecule has 2 aromatic carbocycles. The van der Waals surface area contributed by atoms with Crippen LogP contribution in [-0.2, 0) is 11.3 Å². The van der Waals surface area contributed by atoms with Crippen LogP contribution in [-0.4, -0.2) is 31.2 Å². The quantitative estimate of drug-likeness (QED) is 0.272. The fourth-order valence-electron chi connectivity index (χ4n) is 3.12. The summed E-state index contributed by atoms with van der Waals surface area (Å²) in [5.74, 6) is 0.692. The summed E-state index contributed by atoms with van der Waals surface area (Å²) in [5.41, 5.74) is 3.32. The molecule has 0 unspecified atom stereocenters. The number of thioether (sulfide) groups is 1. The molecule has 0 radical (unpaired) electrons. The van der Waals surface area contributed by atoms with Gasteiger partial charge in [0.25, 0.3) is 0 Å². The van der Waals surface area contributed by atoms with E-state index in [1.54, 1.807) is 17.0 Å². The van der Waals surface area contributed by atoms with Gasteiger partial charge in [0.15, 0.2) is 16.6 Å². The number of carbonyl (C=O) groups is 1. The Balaban J connectivity index is 1.39. The fraction of sp³-hybridized carbons (Fsp3) is 0.0909. The van der Waals surface area contributed by atoms with Gasteiger partial charge >= 0.3 is 0 Å². The second-order valence-electron chi connectivity index (χ2n) is 6.79. The summed E-state index contributed by atoms with van der Waals surface area (Å²) < 4.78 is 7.86. The van der Waals surface area contributed by atoms with Crippen molar-refractivity contribution in [2.75, 3.05) is 5.75 Å². The molecule has 1 N–H and O–H groups in total. The minimum atomic E-state index is -0.0776. The van der Waals surface area contributed by atoms with E-state index in [1.807, 2.05) is 54.6 Å². The third-order valence-electron chi connectivity index (χ3n) is 4.66. The topological polar surface area (TPSA) is 85.3 Å². The van der Waals surface area contributed by atoms with Gasteiger partial charge in [-0.3, -0.25) is 4.79 Å². The van der Waals surface area contributed by atoms with Crippen molar-refractivity contribution in [3.63, 3.8) is 0 Å². The van der Waals surface area contributed by atoms with Gasteiger partial charge in [0.2, 0.25) is 5.91 Å². The molecular formula is C22H16BrN5O2S. The predicted octanol–water partition coefficient (Wildman–Crippen LogP) is 4.71. The number of nitrogens with one attached hydrogen (secondary N) is 1. The smallest absolute Gasteiger partial charge is 0.230 e. The summed E-state index contributed by atoms with van der Waals surface area (Å²) in [5, 5.41) is 9.06. The number of para-hydroxylation sites is 1. The molecule has 0 fully saturated rings. The van der Waals surface area contributed by atoms with Gasteiger partial charge < -0.3 is 9.73 Å². The number of halogens is 1. The van der Waals surface area contributed by atoms with Crippen molar-refractivity contribution in [1.29, 1.82) is 0 Å². The lowest BCUT2D eigenvalue weighted by molar-refractivity contribution is -0.118. The highest BCUT2D eigenvalue weighted by molar-refractivity contribution is 9.10. The van der Waals surface area contributed by atoms with Gasteiger partial charge in [-0.15, -0.1) is 5.10 Å². The van der Waals surface area contributed by atoms with Crippen LogP contribution in [0.3, 0.4) is 0 Å². The maximum Gasteiger partial charge on any atom is 0.230 e. The standard InChI is InChI=1S/C22H16BrN5O2S/c23-16-7-5-14(6-8-16)11-24-19(29)13-31-22-25-18-4-2-1-3-17(18)21-26-20(27-28(21)22)15-9-10-30-12-15/h1-10,12H,11,13H2,(H,24,29). The van der Waals surface area contributed by atoms with Crippen LogP contribution in [0.15, 0.2) is 81.2 Å². The SMILES string of the molecule is O=C(CSc1nc2ccccc2c2nc(-c3ccoc3)nn12)NCc1ccc(Br)cc1. The van der Waals surface area contributed by atoms with Gasteiger partial charge in [0, 0.05) is 16.4 Å². The minimum Gasteiger partial charge on any atom is -0.472 e. The summed E-state index contributed by atoms with van der Waals surface area (Å²) >= 11 is 4.74. The Hall–Kier alpha value is -3.17. The van der Waals surface area contributed by atoms with E-state index < -0.39 is 0 Å². The maximum atomic E-state index is 12.4. The Kier molecular flexibility index (Phi) is 5.44. The van der Waals surface area contributed by atoms with Crippen molar-refractivity contribution in [3.05, 3.63) is 77.2 Å². The Bertz CT molecular complexity index is 1370. The molecular weight excluding hydrogens is 478 g/mol. The van der Waals surface area contributed by atoms with Gasteiger partial charge in [0.1, 0.15) is 6.26 Å². The highest BCUT2D eigenvalue weighted by atomic mass is 79.9. The van der Waals surface area contributed by atoms with Crippen LogP contribution >= 0.6 is 27.7 Å². The van der Waals surface area contributed by atoms with Crippen LogP contribution in [0.4, 0.5) is 0 Å². The van der Waals surface area contributed by atoms with E-state index in [-0.39, 0.29) is 11.7 Å². The molecule has 0 saturated heterocycles. The van der Waals surface area contributed by atoms with E-state index in [2.05, 4.69) is 31.3 Å². The van der Waals surface area contributed by atoms with Crippen LogP contribution < -0.4 is 5.32 Å². The van der Waals surface area contributed by atoms with Crippen molar-refractivity contribution in [2.24, 2.45) is 0 Å². The van der Waals surface area contributed by atoms with Gasteiger partial charge in [0.05, 0.1) is 23.1 Å². The summed E-state index contributed by atoms with van der Waals surface area (Å²) in [4.78, 5) is 21.8. The first-order valence-corrected chi connectivity index (χ1v) is 11.3. The van der Waals surface area contributed by atoms with Crippen LogP contribution in [0.5, 0.6) is 0 Å². The first-order valence-electron chi connectivity index (χ1n) is 9.49. The molecule has 0 atom stereocenters. The molecule has 9 heteroatoms. The summed E-state index contributed by atoms with van der Waals surface area (Å²) in [7, 11) is 0. The summed E-state index contributed by atoms with van der Waals surface area (Å²) in [6.07, 6.45) is 3.19. The molecule has 0 aliphatic carbocycles. The molecule has 7 nitrogen and oxygen atoms in total. The number of rotatable bonds is 6. The third-order valence-corrected chi connectivity index (χ3v) is 6.12. The molecule has 0 bridgehead atoms. The molecule has 0 aliphatic rings. The Labute approximate surface area is 190 Å². The van der Waals surface area contributed by atoms with E-state index in [0.29, 0.717) is 23.2 Å². The average molecular weight is 494 g/mol. The second kappa shape index (κ2) is 8.52. The minimum absolute atomic E-state index is 0.0776. The Morgan fingerprint density at radius 3 is 2.74 bits per heavy atom. The van der Waals surface area contributed by atoms with Crippen LogP contribution in [0.25, 0.3) is 27.9 Å². The number of aromatic nitrogens is 4. The summed E-state index contributed by atoms with van der Waals surface area (Å²) in [6, 6.07) is 17.4. The summed E-state index contributed by atoms with van der Waals surface area (Å²) in [6.45, 7) is 0.473. The van der Waals surface area contributed by atoms with Gasteiger partial charge in [-0.05, 0) is 35.9 Å². The van der Waals surface area contributed by atoms with E-state index in [9.17, 15) is 4.79 Å². The number of hydrogen-bond acceptors (Lipinski definition) is 6. The van der Waals surface area contributed by atoms with Crippen LogP contribution in [0.1, 0.15) is 5.56 Å². The number of fused-ring (bicyclic) bond motifs is 3. The molecule has 0 aliphatic heterocycles. The molecule has 1 amide bonds. The maximum absolute atomic E-state index is 12.4.